The van der Waals surface area contributed by atoms with Crippen LogP contribution in [0.5, 0.6) is 34.5 Å². The second-order valence-electron chi connectivity index (χ2n) is 19.4. The molecular weight excluding hydrogens is 973 g/mol. The number of anilines is 1. The van der Waals surface area contributed by atoms with E-state index in [0.29, 0.717) is 36.2 Å². The molecule has 0 fully saturated rings. The van der Waals surface area contributed by atoms with Crippen molar-refractivity contribution in [2.45, 2.75) is 111 Å². The lowest BCUT2D eigenvalue weighted by Crippen LogP contribution is -2.36. The number of halogens is 2. The lowest BCUT2D eigenvalue weighted by atomic mass is 9.80. The molecule has 0 saturated carbocycles. The first-order valence-electron chi connectivity index (χ1n) is 25.0. The number of hydrogen-bond donors (Lipinski definition) is 1. The predicted octanol–water partition coefficient (Wildman–Crippen LogP) is 16.4. The van der Waals surface area contributed by atoms with Gasteiger partial charge in [0.1, 0.15) is 33.8 Å². The second-order valence-corrected chi connectivity index (χ2v) is 20.9. The first kappa shape index (κ1) is 58.1. The Labute approximate surface area is 446 Å². The van der Waals surface area contributed by atoms with E-state index in [2.05, 4.69) is 31.1 Å². The standard InChI is InChI=1S/C26H29FO2.C24H27ClN2O3S.C11H15NO2/c1-4-28-22-15-13-21(14-16-22)26(2,3)18-8-9-20-12-17-24(27)25(19-20)29-23-10-6-5-7-11-23;1-16-13-19(30-18-9-7-6-8-10-18)14-17(2)22(16)29-11-12-31-20-15-26-27(24(3,4)5)23(28)21(20)25;1-3-7-12(11(13)14)10-6-4-5-9(2)8-10/h5-7,10-17,19H,4,8-9,18H2,1-3H3;6-10,13-15H,11-12H2,1-5H3;4-6,8H,3,7H2,1-2H3,(H,13,14). The highest BCUT2D eigenvalue weighted by molar-refractivity contribution is 7.99. The monoisotopic (exact) mass is 1040 g/mol. The summed E-state index contributed by atoms with van der Waals surface area (Å²) in [6.45, 7) is 21.9. The summed E-state index contributed by atoms with van der Waals surface area (Å²) in [5, 5.41) is 13.4. The molecule has 1 aromatic heterocycles. The molecule has 74 heavy (non-hydrogen) atoms. The molecule has 0 aliphatic heterocycles. The summed E-state index contributed by atoms with van der Waals surface area (Å²) < 4.78 is 38.7. The predicted molar refractivity (Wildman–Crippen MR) is 300 cm³/mol. The molecule has 0 aliphatic carbocycles. The SMILES string of the molecule is CCCN(C(=O)O)c1cccc(C)c1.CCOc1ccc(C(C)(C)CCCc2ccc(F)c(Oc3ccccc3)c2)cc1.Cc1cc(Oc2ccccc2)cc(C)c1OCCSc1cnn(C(C)(C)C)c(=O)c1Cl. The van der Waals surface area contributed by atoms with Gasteiger partial charge in [0.25, 0.3) is 5.56 Å². The zero-order chi connectivity index (χ0) is 53.8. The maximum absolute atomic E-state index is 14.1. The molecule has 7 rings (SSSR count). The van der Waals surface area contributed by atoms with Gasteiger partial charge in [0.2, 0.25) is 0 Å². The number of carbonyl (C=O) groups is 1. The number of ether oxygens (including phenoxy) is 4. The molecule has 0 atom stereocenters. The average Bonchev–Trinajstić information content (AvgIpc) is 3.36. The van der Waals surface area contributed by atoms with E-state index in [9.17, 15) is 14.0 Å². The molecule has 0 aliphatic rings. The van der Waals surface area contributed by atoms with Crippen molar-refractivity contribution >= 4 is 35.1 Å². The van der Waals surface area contributed by atoms with Crippen LogP contribution in [0.15, 0.2) is 155 Å². The number of aryl methyl sites for hydroxylation is 4. The zero-order valence-electron chi connectivity index (χ0n) is 44.4. The number of benzene rings is 6. The largest absolute Gasteiger partial charge is 0.494 e. The molecule has 0 unspecified atom stereocenters. The van der Waals surface area contributed by atoms with Gasteiger partial charge in [-0.25, -0.2) is 13.9 Å². The molecule has 1 heterocycles. The third kappa shape index (κ3) is 17.7. The highest BCUT2D eigenvalue weighted by Crippen LogP contribution is 2.34. The summed E-state index contributed by atoms with van der Waals surface area (Å²) in [7, 11) is 0. The Balaban J connectivity index is 0.000000220. The molecule has 13 heteroatoms. The van der Waals surface area contributed by atoms with Crippen LogP contribution < -0.4 is 29.4 Å². The van der Waals surface area contributed by atoms with Crippen LogP contribution in [0.4, 0.5) is 14.9 Å². The summed E-state index contributed by atoms with van der Waals surface area (Å²) in [4.78, 5) is 25.4. The topological polar surface area (TPSA) is 112 Å². The number of aromatic nitrogens is 2. The molecule has 0 saturated heterocycles. The Morgan fingerprint density at radius 2 is 1.39 bits per heavy atom. The number of thioether (sulfide) groups is 1. The van der Waals surface area contributed by atoms with Gasteiger partial charge in [-0.1, -0.05) is 99.1 Å². The van der Waals surface area contributed by atoms with Crippen molar-refractivity contribution in [2.75, 3.05) is 30.4 Å². The van der Waals surface area contributed by atoms with E-state index < -0.39 is 11.6 Å². The number of hydrogen-bond acceptors (Lipinski definition) is 8. The van der Waals surface area contributed by atoms with Crippen molar-refractivity contribution in [3.8, 4) is 34.5 Å². The fourth-order valence-electron chi connectivity index (χ4n) is 7.91. The normalized spacial score (nSPS) is 11.1. The first-order chi connectivity index (χ1) is 35.3. The van der Waals surface area contributed by atoms with Crippen molar-refractivity contribution in [1.82, 2.24) is 9.78 Å². The number of rotatable bonds is 19. The lowest BCUT2D eigenvalue weighted by Gasteiger charge is -2.25. The number of carboxylic acid groups (broad SMARTS) is 1. The molecule has 392 valence electrons. The van der Waals surface area contributed by atoms with E-state index in [0.717, 1.165) is 76.6 Å². The highest BCUT2D eigenvalue weighted by atomic mass is 35.5. The minimum absolute atomic E-state index is 0.0636. The van der Waals surface area contributed by atoms with Gasteiger partial charge in [-0.2, -0.15) is 5.10 Å². The quantitative estimate of drug-likeness (QED) is 0.0625. The van der Waals surface area contributed by atoms with Crippen molar-refractivity contribution in [3.05, 3.63) is 195 Å². The van der Waals surface area contributed by atoms with E-state index >= 15 is 0 Å². The van der Waals surface area contributed by atoms with Gasteiger partial charge < -0.3 is 24.1 Å². The van der Waals surface area contributed by atoms with E-state index in [4.69, 9.17) is 35.7 Å². The average molecular weight is 1040 g/mol. The van der Waals surface area contributed by atoms with Crippen LogP contribution in [-0.2, 0) is 17.4 Å². The number of nitrogens with zero attached hydrogens (tertiary/aromatic N) is 3. The van der Waals surface area contributed by atoms with Gasteiger partial charge in [-0.05, 0) is 180 Å². The van der Waals surface area contributed by atoms with Gasteiger partial charge in [0.15, 0.2) is 11.6 Å². The van der Waals surface area contributed by atoms with Gasteiger partial charge in [-0.15, -0.1) is 11.8 Å². The van der Waals surface area contributed by atoms with Crippen LogP contribution in [-0.4, -0.2) is 46.5 Å². The minimum Gasteiger partial charge on any atom is -0.494 e. The van der Waals surface area contributed by atoms with E-state index in [1.54, 1.807) is 6.20 Å². The highest BCUT2D eigenvalue weighted by Gasteiger charge is 2.22. The fourth-order valence-corrected chi connectivity index (χ4v) is 8.93. The van der Waals surface area contributed by atoms with Crippen molar-refractivity contribution in [1.29, 1.82) is 0 Å². The molecule has 1 N–H and O–H groups in total. The molecule has 0 radical (unpaired) electrons. The summed E-state index contributed by atoms with van der Waals surface area (Å²) in [5.41, 5.74) is 5.58. The maximum atomic E-state index is 14.1. The van der Waals surface area contributed by atoms with Crippen LogP contribution in [0.2, 0.25) is 5.02 Å². The van der Waals surface area contributed by atoms with Gasteiger partial charge in [0, 0.05) is 18.0 Å². The molecule has 0 bridgehead atoms. The first-order valence-corrected chi connectivity index (χ1v) is 26.4. The third-order valence-electron chi connectivity index (χ3n) is 11.7. The fraction of sp³-hybridized carbons (Fsp3) is 0.328. The van der Waals surface area contributed by atoms with Crippen molar-refractivity contribution in [3.63, 3.8) is 0 Å². The van der Waals surface area contributed by atoms with Crippen LogP contribution in [0.1, 0.15) is 95.5 Å². The summed E-state index contributed by atoms with van der Waals surface area (Å²) in [5.74, 6) is 4.54. The van der Waals surface area contributed by atoms with Gasteiger partial charge in [-0.3, -0.25) is 9.69 Å². The second kappa shape index (κ2) is 28.1. The Kier molecular flexibility index (Phi) is 22.0. The van der Waals surface area contributed by atoms with E-state index in [1.807, 2.05) is 177 Å². The summed E-state index contributed by atoms with van der Waals surface area (Å²) in [6, 6.07) is 44.0. The van der Waals surface area contributed by atoms with Gasteiger partial charge in [0.05, 0.1) is 29.8 Å². The van der Waals surface area contributed by atoms with Crippen LogP contribution in [0.25, 0.3) is 0 Å². The maximum Gasteiger partial charge on any atom is 0.411 e. The molecule has 1 amide bonds. The number of para-hydroxylation sites is 2. The Morgan fingerprint density at radius 3 is 1.97 bits per heavy atom. The van der Waals surface area contributed by atoms with E-state index in [-0.39, 0.29) is 27.6 Å². The smallest absolute Gasteiger partial charge is 0.411 e. The molecule has 10 nitrogen and oxygen atoms in total. The lowest BCUT2D eigenvalue weighted by molar-refractivity contribution is 0.202. The van der Waals surface area contributed by atoms with Crippen molar-refractivity contribution in [2.24, 2.45) is 0 Å². The molecular formula is C61H71ClFN3O7S. The molecule has 0 spiro atoms. The Bertz CT molecular complexity index is 2900. The summed E-state index contributed by atoms with van der Waals surface area (Å²) >= 11 is 7.74. The Hall–Kier alpha value is -6.76. The third-order valence-corrected chi connectivity index (χ3v) is 13.2. The minimum atomic E-state index is -0.891. The van der Waals surface area contributed by atoms with E-state index in [1.165, 1.54) is 33.0 Å². The summed E-state index contributed by atoms with van der Waals surface area (Å²) in [6.07, 6.45) is 4.50. The molecule has 7 aromatic rings. The molecule has 6 aromatic carbocycles. The van der Waals surface area contributed by atoms with Gasteiger partial charge >= 0.3 is 6.09 Å². The van der Waals surface area contributed by atoms with Crippen LogP contribution >= 0.6 is 23.4 Å². The Morgan fingerprint density at radius 1 is 0.757 bits per heavy atom. The van der Waals surface area contributed by atoms with Crippen molar-refractivity contribution < 1.29 is 33.2 Å². The van der Waals surface area contributed by atoms with Crippen LogP contribution in [0.3, 0.4) is 0 Å². The zero-order valence-corrected chi connectivity index (χ0v) is 46.0. The van der Waals surface area contributed by atoms with Crippen LogP contribution in [0, 0.1) is 26.6 Å². The number of amides is 1.